The third-order valence-corrected chi connectivity index (χ3v) is 2.44. The van der Waals surface area contributed by atoms with E-state index < -0.39 is 4.92 Å². The van der Waals surface area contributed by atoms with Crippen LogP contribution < -0.4 is 10.5 Å². The number of hydrogen-bond acceptors (Lipinski definition) is 5. The van der Waals surface area contributed by atoms with Crippen LogP contribution in [0.4, 0.5) is 5.69 Å². The van der Waals surface area contributed by atoms with Gasteiger partial charge >= 0.3 is 0 Å². The molecule has 0 radical (unpaired) electrons. The second-order valence-corrected chi connectivity index (χ2v) is 3.91. The lowest BCUT2D eigenvalue weighted by Gasteiger charge is -2.10. The van der Waals surface area contributed by atoms with Crippen LogP contribution in [0.3, 0.4) is 0 Å². The van der Waals surface area contributed by atoms with E-state index in [1.807, 2.05) is 6.92 Å². The van der Waals surface area contributed by atoms with Crippen LogP contribution in [-0.4, -0.2) is 31.3 Å². The van der Waals surface area contributed by atoms with Crippen LogP contribution in [0.15, 0.2) is 12.1 Å². The topological polar surface area (TPSA) is 87.6 Å². The third kappa shape index (κ3) is 3.97. The molecule has 0 bridgehead atoms. The highest BCUT2D eigenvalue weighted by Crippen LogP contribution is 2.27. The summed E-state index contributed by atoms with van der Waals surface area (Å²) in [6.07, 6.45) is 0. The first-order valence-electron chi connectivity index (χ1n) is 5.72. The summed E-state index contributed by atoms with van der Waals surface area (Å²) in [5, 5.41) is 10.8. The van der Waals surface area contributed by atoms with Crippen molar-refractivity contribution in [3.8, 4) is 5.75 Å². The van der Waals surface area contributed by atoms with Crippen molar-refractivity contribution >= 4 is 5.69 Å². The molecule has 100 valence electrons. The number of nitrogens with two attached hydrogens (primary N) is 1. The Bertz CT molecular complexity index is 421. The van der Waals surface area contributed by atoms with Crippen LogP contribution in [0.5, 0.6) is 5.75 Å². The minimum Gasteiger partial charge on any atom is -0.491 e. The maximum absolute atomic E-state index is 10.8. The van der Waals surface area contributed by atoms with Gasteiger partial charge in [-0.25, -0.2) is 0 Å². The van der Waals surface area contributed by atoms with Gasteiger partial charge in [-0.15, -0.1) is 0 Å². The summed E-state index contributed by atoms with van der Waals surface area (Å²) in [5.74, 6) is 0.517. The van der Waals surface area contributed by atoms with E-state index in [1.165, 1.54) is 6.07 Å². The van der Waals surface area contributed by atoms with E-state index in [4.69, 9.17) is 15.2 Å². The summed E-state index contributed by atoms with van der Waals surface area (Å²) in [5.41, 5.74) is 6.84. The molecule has 0 saturated carbocycles. The maximum Gasteiger partial charge on any atom is 0.276 e. The molecule has 0 heterocycles. The number of benzene rings is 1. The number of rotatable bonds is 7. The molecule has 18 heavy (non-hydrogen) atoms. The Balaban J connectivity index is 2.65. The standard InChI is InChI=1S/C12H18N2O4/c1-9-7-10(2)12(8-11(9)14(15)16)18-6-5-17-4-3-13/h7-8H,3-6,13H2,1-2H3. The fraction of sp³-hybridized carbons (Fsp3) is 0.500. The molecule has 2 N–H and O–H groups in total. The molecule has 0 amide bonds. The molecular weight excluding hydrogens is 236 g/mol. The molecule has 0 aliphatic rings. The van der Waals surface area contributed by atoms with E-state index in [0.717, 1.165) is 5.56 Å². The van der Waals surface area contributed by atoms with Crippen molar-refractivity contribution in [1.29, 1.82) is 0 Å². The van der Waals surface area contributed by atoms with Crippen molar-refractivity contribution in [2.24, 2.45) is 5.73 Å². The molecule has 0 aliphatic carbocycles. The molecule has 0 aliphatic heterocycles. The molecular formula is C12H18N2O4. The molecule has 1 rings (SSSR count). The average molecular weight is 254 g/mol. The summed E-state index contributed by atoms with van der Waals surface area (Å²) in [4.78, 5) is 10.4. The van der Waals surface area contributed by atoms with Gasteiger partial charge in [-0.2, -0.15) is 0 Å². The Morgan fingerprint density at radius 1 is 1.22 bits per heavy atom. The summed E-state index contributed by atoms with van der Waals surface area (Å²) in [7, 11) is 0. The molecule has 6 nitrogen and oxygen atoms in total. The molecule has 0 atom stereocenters. The van der Waals surface area contributed by atoms with Crippen LogP contribution in [0.1, 0.15) is 11.1 Å². The van der Waals surface area contributed by atoms with Crippen LogP contribution in [-0.2, 0) is 4.74 Å². The summed E-state index contributed by atoms with van der Waals surface area (Å²) < 4.78 is 10.6. The third-order valence-electron chi connectivity index (χ3n) is 2.44. The van der Waals surface area contributed by atoms with E-state index in [1.54, 1.807) is 13.0 Å². The van der Waals surface area contributed by atoms with Crippen molar-refractivity contribution < 1.29 is 14.4 Å². The number of nitro benzene ring substituents is 1. The van der Waals surface area contributed by atoms with Crippen molar-refractivity contribution in [3.05, 3.63) is 33.4 Å². The Morgan fingerprint density at radius 3 is 2.56 bits per heavy atom. The maximum atomic E-state index is 10.8. The highest BCUT2D eigenvalue weighted by atomic mass is 16.6. The van der Waals surface area contributed by atoms with Gasteiger partial charge in [0, 0.05) is 12.1 Å². The highest BCUT2D eigenvalue weighted by molar-refractivity contribution is 5.49. The molecule has 1 aromatic carbocycles. The Morgan fingerprint density at radius 2 is 1.94 bits per heavy atom. The van der Waals surface area contributed by atoms with E-state index in [2.05, 4.69) is 0 Å². The second kappa shape index (κ2) is 6.93. The normalized spacial score (nSPS) is 10.4. The first-order chi connectivity index (χ1) is 8.56. The lowest BCUT2D eigenvalue weighted by Crippen LogP contribution is -2.13. The van der Waals surface area contributed by atoms with Gasteiger partial charge in [0.05, 0.1) is 24.2 Å². The van der Waals surface area contributed by atoms with Gasteiger partial charge in [-0.05, 0) is 25.5 Å². The van der Waals surface area contributed by atoms with Crippen LogP contribution in [0.2, 0.25) is 0 Å². The van der Waals surface area contributed by atoms with Crippen LogP contribution in [0, 0.1) is 24.0 Å². The summed E-state index contributed by atoms with van der Waals surface area (Å²) >= 11 is 0. The highest BCUT2D eigenvalue weighted by Gasteiger charge is 2.14. The summed E-state index contributed by atoms with van der Waals surface area (Å²) in [6, 6.07) is 3.20. The van der Waals surface area contributed by atoms with Crippen molar-refractivity contribution in [3.63, 3.8) is 0 Å². The predicted molar refractivity (Wildman–Crippen MR) is 67.9 cm³/mol. The van der Waals surface area contributed by atoms with E-state index in [-0.39, 0.29) is 5.69 Å². The lowest BCUT2D eigenvalue weighted by molar-refractivity contribution is -0.385. The zero-order valence-electron chi connectivity index (χ0n) is 10.6. The van der Waals surface area contributed by atoms with Gasteiger partial charge in [-0.1, -0.05) is 0 Å². The number of ether oxygens (including phenoxy) is 2. The fourth-order valence-electron chi connectivity index (χ4n) is 1.57. The fourth-order valence-corrected chi connectivity index (χ4v) is 1.57. The Hall–Kier alpha value is -1.66. The van der Waals surface area contributed by atoms with Crippen molar-refractivity contribution in [2.75, 3.05) is 26.4 Å². The SMILES string of the molecule is Cc1cc(C)c([N+](=O)[O-])cc1OCCOCCN. The van der Waals surface area contributed by atoms with Gasteiger partial charge in [0.15, 0.2) is 0 Å². The average Bonchev–Trinajstić information content (AvgIpc) is 2.30. The van der Waals surface area contributed by atoms with Gasteiger partial charge < -0.3 is 15.2 Å². The number of hydrogen-bond donors (Lipinski definition) is 1. The number of aryl methyl sites for hydroxylation is 2. The van der Waals surface area contributed by atoms with Crippen LogP contribution >= 0.6 is 0 Å². The molecule has 0 saturated heterocycles. The first-order valence-corrected chi connectivity index (χ1v) is 5.72. The smallest absolute Gasteiger partial charge is 0.276 e. The molecule has 6 heteroatoms. The minimum atomic E-state index is -0.410. The Labute approximate surface area is 106 Å². The zero-order valence-corrected chi connectivity index (χ0v) is 10.6. The van der Waals surface area contributed by atoms with Gasteiger partial charge in [0.25, 0.3) is 5.69 Å². The largest absolute Gasteiger partial charge is 0.491 e. The van der Waals surface area contributed by atoms with Crippen LogP contribution in [0.25, 0.3) is 0 Å². The van der Waals surface area contributed by atoms with E-state index in [0.29, 0.717) is 37.7 Å². The predicted octanol–water partition coefficient (Wildman–Crippen LogP) is 1.57. The number of nitrogens with zero attached hydrogens (tertiary/aromatic N) is 1. The Kier molecular flexibility index (Phi) is 5.54. The monoisotopic (exact) mass is 254 g/mol. The molecule has 0 fully saturated rings. The lowest BCUT2D eigenvalue weighted by atomic mass is 10.1. The quantitative estimate of drug-likeness (QED) is 0.453. The van der Waals surface area contributed by atoms with Crippen molar-refractivity contribution in [2.45, 2.75) is 13.8 Å². The van der Waals surface area contributed by atoms with E-state index in [9.17, 15) is 10.1 Å². The first kappa shape index (κ1) is 14.4. The van der Waals surface area contributed by atoms with E-state index >= 15 is 0 Å². The second-order valence-electron chi connectivity index (χ2n) is 3.91. The van der Waals surface area contributed by atoms with Gasteiger partial charge in [0.2, 0.25) is 0 Å². The number of nitro groups is 1. The van der Waals surface area contributed by atoms with Crippen molar-refractivity contribution in [1.82, 2.24) is 0 Å². The van der Waals surface area contributed by atoms with Gasteiger partial charge in [-0.3, -0.25) is 10.1 Å². The molecule has 1 aromatic rings. The zero-order chi connectivity index (χ0) is 13.5. The molecule has 0 unspecified atom stereocenters. The molecule has 0 spiro atoms. The minimum absolute atomic E-state index is 0.0680. The van der Waals surface area contributed by atoms with Gasteiger partial charge in [0.1, 0.15) is 12.4 Å². The molecule has 0 aromatic heterocycles. The summed E-state index contributed by atoms with van der Waals surface area (Å²) in [6.45, 7) is 5.27.